The molecule has 9 rings (SSSR count). The van der Waals surface area contributed by atoms with Gasteiger partial charge in [0.05, 0.1) is 10.8 Å². The van der Waals surface area contributed by atoms with Gasteiger partial charge >= 0.3 is 0 Å². The molecule has 8 aliphatic carbocycles. The van der Waals surface area contributed by atoms with Crippen molar-refractivity contribution in [3.05, 3.63) is 18.3 Å². The molecular formula is C27H35N3O2. The molecule has 32 heavy (non-hydrogen) atoms. The van der Waals surface area contributed by atoms with E-state index in [-0.39, 0.29) is 22.6 Å². The van der Waals surface area contributed by atoms with Gasteiger partial charge in [0.15, 0.2) is 0 Å². The van der Waals surface area contributed by atoms with Crippen molar-refractivity contribution >= 4 is 23.3 Å². The fraction of sp³-hybridized carbons (Fsp3) is 0.741. The Bertz CT molecular complexity index is 826. The Hall–Kier alpha value is -1.91. The van der Waals surface area contributed by atoms with Crippen molar-refractivity contribution in [2.24, 2.45) is 46.3 Å². The van der Waals surface area contributed by atoms with Gasteiger partial charge < -0.3 is 10.6 Å². The summed E-state index contributed by atoms with van der Waals surface area (Å²) in [5.74, 6) is 5.41. The topological polar surface area (TPSA) is 71.1 Å². The van der Waals surface area contributed by atoms with Gasteiger partial charge in [0.25, 0.3) is 0 Å². The minimum absolute atomic E-state index is 0.161. The van der Waals surface area contributed by atoms with Gasteiger partial charge in [0.1, 0.15) is 5.82 Å². The molecule has 2 amide bonds. The van der Waals surface area contributed by atoms with Crippen molar-refractivity contribution in [2.45, 2.75) is 77.0 Å². The number of aromatic nitrogens is 1. The van der Waals surface area contributed by atoms with Crippen molar-refractivity contribution in [1.82, 2.24) is 4.98 Å². The van der Waals surface area contributed by atoms with Crippen LogP contribution in [-0.2, 0) is 9.59 Å². The van der Waals surface area contributed by atoms with Crippen LogP contribution < -0.4 is 10.6 Å². The second-order valence-electron chi connectivity index (χ2n) is 12.7. The van der Waals surface area contributed by atoms with Crippen LogP contribution in [0.25, 0.3) is 0 Å². The fourth-order valence-corrected chi connectivity index (χ4v) is 9.87. The normalized spacial score (nSPS) is 45.1. The van der Waals surface area contributed by atoms with Crippen LogP contribution in [0.5, 0.6) is 0 Å². The van der Waals surface area contributed by atoms with E-state index < -0.39 is 0 Å². The Kier molecular flexibility index (Phi) is 4.16. The maximum absolute atomic E-state index is 13.4. The van der Waals surface area contributed by atoms with E-state index in [0.717, 1.165) is 79.7 Å². The van der Waals surface area contributed by atoms with Crippen LogP contribution in [0.4, 0.5) is 11.5 Å². The summed E-state index contributed by atoms with van der Waals surface area (Å²) in [6.07, 6.45) is 16.0. The summed E-state index contributed by atoms with van der Waals surface area (Å²) >= 11 is 0. The molecule has 2 N–H and O–H groups in total. The van der Waals surface area contributed by atoms with Crippen LogP contribution in [0.1, 0.15) is 77.0 Å². The molecule has 170 valence electrons. The minimum atomic E-state index is -0.186. The zero-order chi connectivity index (χ0) is 21.5. The first kappa shape index (κ1) is 19.5. The van der Waals surface area contributed by atoms with E-state index in [1.807, 2.05) is 12.1 Å². The van der Waals surface area contributed by atoms with Crippen molar-refractivity contribution in [1.29, 1.82) is 0 Å². The number of nitrogens with zero attached hydrogens (tertiary/aromatic N) is 1. The van der Waals surface area contributed by atoms with Crippen molar-refractivity contribution in [3.8, 4) is 0 Å². The summed E-state index contributed by atoms with van der Waals surface area (Å²) in [4.78, 5) is 31.2. The Morgan fingerprint density at radius 3 is 1.53 bits per heavy atom. The monoisotopic (exact) mass is 433 g/mol. The number of rotatable bonds is 4. The van der Waals surface area contributed by atoms with Crippen LogP contribution >= 0.6 is 0 Å². The molecule has 8 fully saturated rings. The van der Waals surface area contributed by atoms with Gasteiger partial charge in [-0.25, -0.2) is 4.98 Å². The molecule has 0 radical (unpaired) electrons. The Morgan fingerprint density at radius 2 is 1.09 bits per heavy atom. The van der Waals surface area contributed by atoms with E-state index >= 15 is 0 Å². The second kappa shape index (κ2) is 6.80. The van der Waals surface area contributed by atoms with Crippen LogP contribution in [0.15, 0.2) is 18.3 Å². The van der Waals surface area contributed by atoms with Crippen molar-refractivity contribution < 1.29 is 9.59 Å². The number of carbonyl (C=O) groups excluding carboxylic acids is 2. The van der Waals surface area contributed by atoms with Gasteiger partial charge in [0, 0.05) is 18.0 Å². The van der Waals surface area contributed by atoms with Crippen LogP contribution in [0.2, 0.25) is 0 Å². The average molecular weight is 434 g/mol. The summed E-state index contributed by atoms with van der Waals surface area (Å²) in [6, 6.07) is 3.72. The number of amides is 2. The first-order valence-corrected chi connectivity index (χ1v) is 13.1. The maximum Gasteiger partial charge on any atom is 0.231 e. The number of carbonyl (C=O) groups is 2. The highest BCUT2D eigenvalue weighted by atomic mass is 16.2. The number of nitrogens with one attached hydrogen (secondary N) is 2. The van der Waals surface area contributed by atoms with E-state index in [4.69, 9.17) is 0 Å². The van der Waals surface area contributed by atoms with Crippen molar-refractivity contribution in [3.63, 3.8) is 0 Å². The van der Waals surface area contributed by atoms with Gasteiger partial charge in [0.2, 0.25) is 11.8 Å². The predicted octanol–water partition coefficient (Wildman–Crippen LogP) is 5.39. The van der Waals surface area contributed by atoms with Gasteiger partial charge in [-0.15, -0.1) is 0 Å². The van der Waals surface area contributed by atoms with E-state index in [0.29, 0.717) is 5.82 Å². The fourth-order valence-electron chi connectivity index (χ4n) is 9.87. The molecular weight excluding hydrogens is 398 g/mol. The Morgan fingerprint density at radius 1 is 0.688 bits per heavy atom. The number of pyridine rings is 1. The molecule has 0 atom stereocenters. The maximum atomic E-state index is 13.4. The third-order valence-corrected chi connectivity index (χ3v) is 10.3. The molecule has 8 aliphatic rings. The highest BCUT2D eigenvalue weighted by Gasteiger charge is 2.55. The first-order valence-electron chi connectivity index (χ1n) is 13.1. The van der Waals surface area contributed by atoms with E-state index in [2.05, 4.69) is 15.6 Å². The Labute approximate surface area is 190 Å². The molecule has 0 aromatic carbocycles. The lowest BCUT2D eigenvalue weighted by Crippen LogP contribution is -2.52. The molecule has 0 saturated heterocycles. The predicted molar refractivity (Wildman–Crippen MR) is 123 cm³/mol. The summed E-state index contributed by atoms with van der Waals surface area (Å²) in [5.41, 5.74) is 0.414. The number of hydrogen-bond donors (Lipinski definition) is 2. The first-order chi connectivity index (χ1) is 15.5. The van der Waals surface area contributed by atoms with E-state index in [9.17, 15) is 9.59 Å². The molecule has 5 nitrogen and oxygen atoms in total. The van der Waals surface area contributed by atoms with Crippen LogP contribution in [0, 0.1) is 46.3 Å². The zero-order valence-corrected chi connectivity index (χ0v) is 18.9. The number of anilines is 2. The highest BCUT2D eigenvalue weighted by Crippen LogP contribution is 2.61. The highest BCUT2D eigenvalue weighted by molar-refractivity contribution is 5.98. The molecule has 0 spiro atoms. The summed E-state index contributed by atoms with van der Waals surface area (Å²) in [5, 5.41) is 6.36. The van der Waals surface area contributed by atoms with Crippen LogP contribution in [-0.4, -0.2) is 16.8 Å². The SMILES string of the molecule is O=C(Nc1ccnc(NC(=O)C23CC4CC(CC(C4)C2)C3)c1)C12CC3CC(CC(C3)C1)C2. The molecule has 1 aromatic heterocycles. The molecule has 0 unspecified atom stereocenters. The lowest BCUT2D eigenvalue weighted by Gasteiger charge is -2.55. The standard InChI is InChI=1S/C27H35N3O2/c31-24(26-10-16-3-17(11-26)5-18(4-16)12-26)29-22-1-2-28-23(9-22)30-25(32)27-13-19-6-20(14-27)8-21(7-19)15-27/h1-2,9,16-21H,3-8,10-15H2,(H2,28,29,30,31,32). The summed E-state index contributed by atoms with van der Waals surface area (Å²) in [6.45, 7) is 0. The number of hydrogen-bond acceptors (Lipinski definition) is 3. The van der Waals surface area contributed by atoms with E-state index in [1.165, 1.54) is 38.5 Å². The minimum Gasteiger partial charge on any atom is -0.325 e. The third kappa shape index (κ3) is 3.06. The molecule has 1 aromatic rings. The van der Waals surface area contributed by atoms with E-state index in [1.54, 1.807) is 6.20 Å². The smallest absolute Gasteiger partial charge is 0.231 e. The van der Waals surface area contributed by atoms with Gasteiger partial charge in [-0.3, -0.25) is 9.59 Å². The zero-order valence-electron chi connectivity index (χ0n) is 18.9. The molecule has 8 saturated carbocycles. The molecule has 8 bridgehead atoms. The van der Waals surface area contributed by atoms with Crippen molar-refractivity contribution in [2.75, 3.05) is 10.6 Å². The third-order valence-electron chi connectivity index (χ3n) is 10.3. The molecule has 1 heterocycles. The van der Waals surface area contributed by atoms with Gasteiger partial charge in [-0.1, -0.05) is 0 Å². The van der Waals surface area contributed by atoms with Gasteiger partial charge in [-0.05, 0) is 119 Å². The van der Waals surface area contributed by atoms with Crippen LogP contribution in [0.3, 0.4) is 0 Å². The Balaban J connectivity index is 1.06. The lowest BCUT2D eigenvalue weighted by atomic mass is 9.49. The average Bonchev–Trinajstić information content (AvgIpc) is 2.72. The molecule has 5 heteroatoms. The lowest BCUT2D eigenvalue weighted by molar-refractivity contribution is -0.140. The summed E-state index contributed by atoms with van der Waals surface area (Å²) in [7, 11) is 0. The molecule has 0 aliphatic heterocycles. The second-order valence-corrected chi connectivity index (χ2v) is 12.7. The summed E-state index contributed by atoms with van der Waals surface area (Å²) < 4.78 is 0. The largest absolute Gasteiger partial charge is 0.325 e. The quantitative estimate of drug-likeness (QED) is 0.669. The van der Waals surface area contributed by atoms with Gasteiger partial charge in [-0.2, -0.15) is 0 Å².